The summed E-state index contributed by atoms with van der Waals surface area (Å²) in [4.78, 5) is 4.35. The molecule has 0 spiro atoms. The minimum atomic E-state index is 0.0244. The lowest BCUT2D eigenvalue weighted by molar-refractivity contribution is 0.702. The van der Waals surface area contributed by atoms with Gasteiger partial charge in [0.05, 0.1) is 5.41 Å². The topological polar surface area (TPSA) is 56.7 Å². The highest BCUT2D eigenvalue weighted by Crippen LogP contribution is 2.52. The van der Waals surface area contributed by atoms with Crippen molar-refractivity contribution in [2.45, 2.75) is 18.3 Å². The largest absolute Gasteiger partial charge is 0.368 e. The molecule has 4 nitrogen and oxygen atoms in total. The lowest BCUT2D eigenvalue weighted by Gasteiger charge is -2.10. The third kappa shape index (κ3) is 1.23. The van der Waals surface area contributed by atoms with Gasteiger partial charge in [-0.25, -0.2) is 4.68 Å². The van der Waals surface area contributed by atoms with Crippen molar-refractivity contribution in [2.24, 2.45) is 7.05 Å². The zero-order chi connectivity index (χ0) is 11.2. The van der Waals surface area contributed by atoms with E-state index in [0.29, 0.717) is 5.95 Å². The van der Waals surface area contributed by atoms with Crippen LogP contribution in [0, 0.1) is 0 Å². The second-order valence-corrected chi connectivity index (χ2v) is 4.37. The molecule has 0 unspecified atom stereocenters. The predicted molar refractivity (Wildman–Crippen MR) is 61.9 cm³/mol. The van der Waals surface area contributed by atoms with Crippen LogP contribution < -0.4 is 5.73 Å². The Kier molecular flexibility index (Phi) is 1.80. The predicted octanol–water partition coefficient (Wildman–Crippen LogP) is 1.48. The fourth-order valence-electron chi connectivity index (χ4n) is 2.12. The molecule has 1 saturated carbocycles. The molecule has 4 heteroatoms. The summed E-state index contributed by atoms with van der Waals surface area (Å²) >= 11 is 0. The molecule has 0 bridgehead atoms. The summed E-state index contributed by atoms with van der Waals surface area (Å²) < 4.78 is 1.64. The number of nitrogens with two attached hydrogens (primary N) is 1. The first-order chi connectivity index (χ1) is 7.72. The smallest absolute Gasteiger partial charge is 0.218 e. The van der Waals surface area contributed by atoms with E-state index in [1.54, 1.807) is 4.68 Å². The second-order valence-electron chi connectivity index (χ2n) is 4.37. The van der Waals surface area contributed by atoms with E-state index in [-0.39, 0.29) is 5.41 Å². The maximum Gasteiger partial charge on any atom is 0.218 e. The maximum absolute atomic E-state index is 5.73. The Bertz CT molecular complexity index is 492. The Morgan fingerprint density at radius 1 is 1.25 bits per heavy atom. The molecule has 0 radical (unpaired) electrons. The van der Waals surface area contributed by atoms with Crippen molar-refractivity contribution in [2.75, 3.05) is 5.73 Å². The molecular weight excluding hydrogens is 200 g/mol. The highest BCUT2D eigenvalue weighted by atomic mass is 15.4. The molecule has 0 atom stereocenters. The number of hydrogen-bond donors (Lipinski definition) is 1. The fourth-order valence-corrected chi connectivity index (χ4v) is 2.12. The van der Waals surface area contributed by atoms with Crippen molar-refractivity contribution in [3.05, 3.63) is 41.7 Å². The van der Waals surface area contributed by atoms with Crippen molar-refractivity contribution in [3.8, 4) is 0 Å². The molecule has 1 fully saturated rings. The molecule has 0 amide bonds. The molecule has 1 aliphatic rings. The Morgan fingerprint density at radius 2 is 1.94 bits per heavy atom. The zero-order valence-electron chi connectivity index (χ0n) is 9.22. The van der Waals surface area contributed by atoms with Gasteiger partial charge in [-0.2, -0.15) is 10.1 Å². The molecule has 1 aromatic heterocycles. The third-order valence-electron chi connectivity index (χ3n) is 3.30. The van der Waals surface area contributed by atoms with Gasteiger partial charge in [-0.3, -0.25) is 0 Å². The van der Waals surface area contributed by atoms with Crippen molar-refractivity contribution in [1.29, 1.82) is 0 Å². The highest BCUT2D eigenvalue weighted by molar-refractivity contribution is 5.40. The van der Waals surface area contributed by atoms with Crippen LogP contribution in [0.4, 0.5) is 5.95 Å². The van der Waals surface area contributed by atoms with Gasteiger partial charge in [-0.15, -0.1) is 0 Å². The lowest BCUT2D eigenvalue weighted by Crippen LogP contribution is -2.11. The minimum Gasteiger partial charge on any atom is -0.368 e. The number of benzene rings is 1. The first kappa shape index (κ1) is 9.39. The van der Waals surface area contributed by atoms with Crippen LogP contribution in [0.2, 0.25) is 0 Å². The number of hydrogen-bond acceptors (Lipinski definition) is 3. The zero-order valence-corrected chi connectivity index (χ0v) is 9.22. The molecule has 1 aliphatic carbocycles. The molecule has 82 valence electrons. The second kappa shape index (κ2) is 3.07. The Balaban J connectivity index is 2.06. The van der Waals surface area contributed by atoms with E-state index in [1.165, 1.54) is 5.56 Å². The Hall–Kier alpha value is -1.84. The summed E-state index contributed by atoms with van der Waals surface area (Å²) in [7, 11) is 1.83. The first-order valence-electron chi connectivity index (χ1n) is 5.45. The number of aromatic nitrogens is 3. The van der Waals surface area contributed by atoms with Gasteiger partial charge in [0.1, 0.15) is 0 Å². The van der Waals surface area contributed by atoms with Crippen molar-refractivity contribution in [3.63, 3.8) is 0 Å². The average Bonchev–Trinajstić information content (AvgIpc) is 3.04. The number of nitrogen functional groups attached to an aromatic ring is 1. The summed E-state index contributed by atoms with van der Waals surface area (Å²) in [6.45, 7) is 0. The van der Waals surface area contributed by atoms with Crippen LogP contribution in [0.1, 0.15) is 24.2 Å². The number of nitrogens with zero attached hydrogens (tertiary/aromatic N) is 3. The van der Waals surface area contributed by atoms with Crippen molar-refractivity contribution >= 4 is 5.95 Å². The van der Waals surface area contributed by atoms with Crippen LogP contribution >= 0.6 is 0 Å². The molecule has 3 rings (SSSR count). The van der Waals surface area contributed by atoms with E-state index in [4.69, 9.17) is 5.73 Å². The molecule has 0 aliphatic heterocycles. The van der Waals surface area contributed by atoms with Crippen LogP contribution in [0.3, 0.4) is 0 Å². The summed E-state index contributed by atoms with van der Waals surface area (Å²) in [6, 6.07) is 10.4. The van der Waals surface area contributed by atoms with Gasteiger partial charge >= 0.3 is 0 Å². The first-order valence-corrected chi connectivity index (χ1v) is 5.45. The van der Waals surface area contributed by atoms with E-state index >= 15 is 0 Å². The molecule has 2 aromatic rings. The summed E-state index contributed by atoms with van der Waals surface area (Å²) in [5.74, 6) is 1.34. The summed E-state index contributed by atoms with van der Waals surface area (Å²) in [6.07, 6.45) is 2.22. The summed E-state index contributed by atoms with van der Waals surface area (Å²) in [5.41, 5.74) is 7.05. The quantitative estimate of drug-likeness (QED) is 0.823. The normalized spacial score (nSPS) is 17.3. The molecule has 1 aromatic carbocycles. The maximum atomic E-state index is 5.73. The average molecular weight is 214 g/mol. The third-order valence-corrected chi connectivity index (χ3v) is 3.30. The van der Waals surface area contributed by atoms with Crippen LogP contribution in [0.25, 0.3) is 0 Å². The van der Waals surface area contributed by atoms with Gasteiger partial charge in [0, 0.05) is 7.05 Å². The van der Waals surface area contributed by atoms with Gasteiger partial charge in [-0.1, -0.05) is 30.3 Å². The molecule has 16 heavy (non-hydrogen) atoms. The van der Waals surface area contributed by atoms with Crippen LogP contribution in [0.5, 0.6) is 0 Å². The Labute approximate surface area is 94.1 Å². The van der Waals surface area contributed by atoms with Gasteiger partial charge in [0.2, 0.25) is 5.95 Å². The number of rotatable bonds is 2. The number of anilines is 1. The monoisotopic (exact) mass is 214 g/mol. The molecule has 0 saturated heterocycles. The van der Waals surface area contributed by atoms with E-state index in [1.807, 2.05) is 13.1 Å². The van der Waals surface area contributed by atoms with E-state index in [0.717, 1.165) is 18.7 Å². The van der Waals surface area contributed by atoms with Crippen molar-refractivity contribution in [1.82, 2.24) is 14.8 Å². The fraction of sp³-hybridized carbons (Fsp3) is 0.333. The van der Waals surface area contributed by atoms with E-state index < -0.39 is 0 Å². The van der Waals surface area contributed by atoms with Gasteiger partial charge < -0.3 is 5.73 Å². The van der Waals surface area contributed by atoms with Gasteiger partial charge in [0.25, 0.3) is 0 Å². The van der Waals surface area contributed by atoms with E-state index in [2.05, 4.69) is 34.3 Å². The minimum absolute atomic E-state index is 0.0244. The van der Waals surface area contributed by atoms with Crippen molar-refractivity contribution < 1.29 is 0 Å². The molecular formula is C12H14N4. The van der Waals surface area contributed by atoms with Gasteiger partial charge in [0.15, 0.2) is 5.82 Å². The van der Waals surface area contributed by atoms with Gasteiger partial charge in [-0.05, 0) is 18.4 Å². The SMILES string of the molecule is Cn1nc(C2(c3ccccc3)CC2)nc1N. The van der Waals surface area contributed by atoms with Crippen LogP contribution in [-0.4, -0.2) is 14.8 Å². The Morgan fingerprint density at radius 3 is 2.44 bits per heavy atom. The lowest BCUT2D eigenvalue weighted by atomic mass is 9.95. The molecule has 2 N–H and O–H groups in total. The number of aryl methyl sites for hydroxylation is 1. The van der Waals surface area contributed by atoms with Crippen LogP contribution in [-0.2, 0) is 12.5 Å². The summed E-state index contributed by atoms with van der Waals surface area (Å²) in [5, 5.41) is 4.40. The standard InChI is InChI=1S/C12H14N4/c1-16-11(13)14-10(15-16)12(7-8-12)9-5-3-2-4-6-9/h2-6H,7-8H2,1H3,(H2,13,14,15). The molecule has 1 heterocycles. The van der Waals surface area contributed by atoms with E-state index in [9.17, 15) is 0 Å². The van der Waals surface area contributed by atoms with Crippen LogP contribution in [0.15, 0.2) is 30.3 Å². The highest BCUT2D eigenvalue weighted by Gasteiger charge is 2.49.